The van der Waals surface area contributed by atoms with Gasteiger partial charge >= 0.3 is 6.18 Å². The number of allylic oxidation sites excluding steroid dienone is 2. The highest BCUT2D eigenvalue weighted by molar-refractivity contribution is 6.32. The summed E-state index contributed by atoms with van der Waals surface area (Å²) in [6.07, 6.45) is -3.77. The first-order valence-corrected chi connectivity index (χ1v) is 3.80. The molecule has 12 heavy (non-hydrogen) atoms. The number of hydrogen-bond donors (Lipinski definition) is 0. The number of ketones is 1. The Bertz CT molecular complexity index is 242. The molecule has 1 aliphatic carbocycles. The topological polar surface area (TPSA) is 17.1 Å². The Balaban J connectivity index is 2.97. The van der Waals surface area contributed by atoms with Gasteiger partial charge in [-0.15, -0.1) is 0 Å². The van der Waals surface area contributed by atoms with Crippen molar-refractivity contribution in [3.05, 3.63) is 10.6 Å². The highest BCUT2D eigenvalue weighted by Crippen LogP contribution is 2.36. The highest BCUT2D eigenvalue weighted by Gasteiger charge is 2.37. The van der Waals surface area contributed by atoms with Crippen LogP contribution in [0.25, 0.3) is 0 Å². The van der Waals surface area contributed by atoms with Crippen LogP contribution in [0.15, 0.2) is 10.6 Å². The second-order valence-electron chi connectivity index (χ2n) is 2.57. The molecule has 0 heterocycles. The van der Waals surface area contributed by atoms with Crippen LogP contribution in [0.4, 0.5) is 13.2 Å². The van der Waals surface area contributed by atoms with Gasteiger partial charge in [-0.05, 0) is 12.8 Å². The summed E-state index contributed by atoms with van der Waals surface area (Å²) in [6.45, 7) is 0. The lowest BCUT2D eigenvalue weighted by Gasteiger charge is -2.06. The standard InChI is InChI=1S/C7H6ClF3O/c8-6(7(9,10)11)4-2-1-3-5(4)12/h1-3H2/b6-4+. The van der Waals surface area contributed by atoms with Gasteiger partial charge in [-0.3, -0.25) is 4.79 Å². The van der Waals surface area contributed by atoms with Crippen LogP contribution in [0.2, 0.25) is 0 Å². The molecule has 0 aromatic carbocycles. The zero-order chi connectivity index (χ0) is 9.35. The molecule has 1 nitrogen and oxygen atoms in total. The monoisotopic (exact) mass is 198 g/mol. The fourth-order valence-electron chi connectivity index (χ4n) is 1.12. The Morgan fingerprint density at radius 2 is 1.92 bits per heavy atom. The lowest BCUT2D eigenvalue weighted by molar-refractivity contribution is -0.115. The van der Waals surface area contributed by atoms with Crippen molar-refractivity contribution in [3.8, 4) is 0 Å². The maximum Gasteiger partial charge on any atom is 0.427 e. The van der Waals surface area contributed by atoms with Crippen molar-refractivity contribution in [2.45, 2.75) is 25.4 Å². The fourth-order valence-corrected chi connectivity index (χ4v) is 1.32. The summed E-state index contributed by atoms with van der Waals surface area (Å²) in [5, 5.41) is -1.25. The minimum atomic E-state index is -4.57. The molecule has 68 valence electrons. The van der Waals surface area contributed by atoms with Crippen molar-refractivity contribution in [1.82, 2.24) is 0 Å². The van der Waals surface area contributed by atoms with Gasteiger partial charge in [0, 0.05) is 12.0 Å². The van der Waals surface area contributed by atoms with E-state index in [9.17, 15) is 18.0 Å². The van der Waals surface area contributed by atoms with Gasteiger partial charge in [-0.2, -0.15) is 13.2 Å². The zero-order valence-electron chi connectivity index (χ0n) is 6.04. The van der Waals surface area contributed by atoms with Crippen LogP contribution in [0.3, 0.4) is 0 Å². The van der Waals surface area contributed by atoms with Crippen molar-refractivity contribution < 1.29 is 18.0 Å². The minimum Gasteiger partial charge on any atom is -0.295 e. The van der Waals surface area contributed by atoms with Crippen LogP contribution < -0.4 is 0 Å². The summed E-state index contributed by atoms with van der Waals surface area (Å²) >= 11 is 4.99. The fraction of sp³-hybridized carbons (Fsp3) is 0.571. The minimum absolute atomic E-state index is 0.150. The van der Waals surface area contributed by atoms with Crippen LogP contribution in [-0.2, 0) is 4.79 Å². The van der Waals surface area contributed by atoms with Gasteiger partial charge in [0.1, 0.15) is 5.03 Å². The van der Waals surface area contributed by atoms with Crippen molar-refractivity contribution in [2.75, 3.05) is 0 Å². The van der Waals surface area contributed by atoms with E-state index in [-0.39, 0.29) is 18.4 Å². The Hall–Kier alpha value is -0.510. The molecule has 0 spiro atoms. The van der Waals surface area contributed by atoms with E-state index >= 15 is 0 Å². The Morgan fingerprint density at radius 1 is 1.33 bits per heavy atom. The molecule has 1 fully saturated rings. The first kappa shape index (κ1) is 9.58. The molecule has 0 N–H and O–H groups in total. The van der Waals surface area contributed by atoms with E-state index in [1.807, 2.05) is 0 Å². The van der Waals surface area contributed by atoms with E-state index in [1.165, 1.54) is 0 Å². The molecule has 5 heteroatoms. The number of rotatable bonds is 0. The third kappa shape index (κ3) is 1.80. The molecule has 1 rings (SSSR count). The van der Waals surface area contributed by atoms with E-state index < -0.39 is 17.0 Å². The predicted molar refractivity (Wildman–Crippen MR) is 37.8 cm³/mol. The van der Waals surface area contributed by atoms with Crippen LogP contribution >= 0.6 is 11.6 Å². The number of Topliss-reactive ketones (excluding diaryl/α,β-unsaturated/α-hetero) is 1. The molecule has 0 radical (unpaired) electrons. The van der Waals surface area contributed by atoms with E-state index in [1.54, 1.807) is 0 Å². The summed E-state index contributed by atoms with van der Waals surface area (Å²) in [5.41, 5.74) is -0.260. The number of carbonyl (C=O) groups excluding carboxylic acids is 1. The Morgan fingerprint density at radius 3 is 2.25 bits per heavy atom. The molecule has 0 unspecified atom stereocenters. The summed E-state index contributed by atoms with van der Waals surface area (Å²) in [7, 11) is 0. The predicted octanol–water partition coefficient (Wildman–Crippen LogP) is 2.79. The number of hydrogen-bond acceptors (Lipinski definition) is 1. The molecule has 1 saturated carbocycles. The van der Waals surface area contributed by atoms with Crippen molar-refractivity contribution >= 4 is 17.4 Å². The van der Waals surface area contributed by atoms with E-state index in [2.05, 4.69) is 0 Å². The van der Waals surface area contributed by atoms with Crippen LogP contribution in [-0.4, -0.2) is 12.0 Å². The average molecular weight is 199 g/mol. The quantitative estimate of drug-likeness (QED) is 0.547. The molecule has 0 aromatic heterocycles. The normalized spacial score (nSPS) is 23.2. The largest absolute Gasteiger partial charge is 0.427 e. The Labute approximate surface area is 72.2 Å². The zero-order valence-corrected chi connectivity index (χ0v) is 6.80. The summed E-state index contributed by atoms with van der Waals surface area (Å²) in [5.74, 6) is -0.475. The molecule has 0 bridgehead atoms. The van der Waals surface area contributed by atoms with Crippen LogP contribution in [0, 0.1) is 0 Å². The van der Waals surface area contributed by atoms with Gasteiger partial charge < -0.3 is 0 Å². The molecular weight excluding hydrogens is 193 g/mol. The second-order valence-corrected chi connectivity index (χ2v) is 2.94. The number of halogens is 4. The maximum absolute atomic E-state index is 11.9. The third-order valence-corrected chi connectivity index (χ3v) is 2.12. The van der Waals surface area contributed by atoms with E-state index in [4.69, 9.17) is 11.6 Å². The smallest absolute Gasteiger partial charge is 0.295 e. The summed E-state index contributed by atoms with van der Waals surface area (Å²) in [6, 6.07) is 0. The second kappa shape index (κ2) is 3.09. The van der Waals surface area contributed by atoms with Crippen molar-refractivity contribution in [3.63, 3.8) is 0 Å². The van der Waals surface area contributed by atoms with Gasteiger partial charge in [0.25, 0.3) is 0 Å². The summed E-state index contributed by atoms with van der Waals surface area (Å²) in [4.78, 5) is 10.8. The van der Waals surface area contributed by atoms with E-state index in [0.29, 0.717) is 6.42 Å². The van der Waals surface area contributed by atoms with E-state index in [0.717, 1.165) is 0 Å². The van der Waals surface area contributed by atoms with Crippen molar-refractivity contribution in [2.24, 2.45) is 0 Å². The van der Waals surface area contributed by atoms with Gasteiger partial charge in [-0.25, -0.2) is 0 Å². The molecule has 0 saturated heterocycles. The van der Waals surface area contributed by atoms with Gasteiger partial charge in [0.2, 0.25) is 0 Å². The lowest BCUT2D eigenvalue weighted by atomic mass is 10.2. The molecular formula is C7H6ClF3O. The van der Waals surface area contributed by atoms with Crippen molar-refractivity contribution in [1.29, 1.82) is 0 Å². The lowest BCUT2D eigenvalue weighted by Crippen LogP contribution is -2.11. The SMILES string of the molecule is O=C1CCC/C1=C(\Cl)C(F)(F)F. The first-order valence-electron chi connectivity index (χ1n) is 3.42. The molecule has 0 atom stereocenters. The third-order valence-electron chi connectivity index (χ3n) is 1.68. The molecule has 0 aromatic rings. The number of carbonyl (C=O) groups is 1. The molecule has 0 aliphatic heterocycles. The summed E-state index contributed by atoms with van der Waals surface area (Å²) < 4.78 is 35.8. The maximum atomic E-state index is 11.9. The van der Waals surface area contributed by atoms with Gasteiger partial charge in [0.05, 0.1) is 0 Å². The molecule has 1 aliphatic rings. The van der Waals surface area contributed by atoms with Crippen LogP contribution in [0.5, 0.6) is 0 Å². The molecule has 0 amide bonds. The van der Waals surface area contributed by atoms with Gasteiger partial charge in [-0.1, -0.05) is 11.6 Å². The van der Waals surface area contributed by atoms with Crippen LogP contribution in [0.1, 0.15) is 19.3 Å². The average Bonchev–Trinajstić information content (AvgIpc) is 2.31. The number of alkyl halides is 3. The highest BCUT2D eigenvalue weighted by atomic mass is 35.5. The first-order chi connectivity index (χ1) is 5.43. The Kier molecular flexibility index (Phi) is 2.46. The van der Waals surface area contributed by atoms with Gasteiger partial charge in [0.15, 0.2) is 5.78 Å².